The molecule has 1 heterocycles. The van der Waals surface area contributed by atoms with Crippen LogP contribution in [0.1, 0.15) is 32.0 Å². The fourth-order valence-electron chi connectivity index (χ4n) is 1.62. The molecule has 0 aliphatic carbocycles. The second-order valence-corrected chi connectivity index (χ2v) is 5.99. The van der Waals surface area contributed by atoms with Gasteiger partial charge in [0.2, 0.25) is 0 Å². The zero-order valence-corrected chi connectivity index (χ0v) is 12.9. The fraction of sp³-hybridized carbons (Fsp3) is 0.667. The molecule has 19 heavy (non-hydrogen) atoms. The Labute approximate surface area is 117 Å². The van der Waals surface area contributed by atoms with Crippen LogP contribution >= 0.6 is 0 Å². The van der Waals surface area contributed by atoms with E-state index >= 15 is 0 Å². The molecule has 4 heteroatoms. The van der Waals surface area contributed by atoms with Gasteiger partial charge in [0, 0.05) is 38.5 Å². The molecule has 1 rings (SSSR count). The molecule has 0 aromatic carbocycles. The molecule has 0 fully saturated rings. The van der Waals surface area contributed by atoms with E-state index in [1.165, 1.54) is 5.56 Å². The fourth-order valence-corrected chi connectivity index (χ4v) is 1.62. The average Bonchev–Trinajstić information content (AvgIpc) is 2.34. The molecule has 0 radical (unpaired) electrons. The Morgan fingerprint density at radius 1 is 1.32 bits per heavy atom. The number of rotatable bonds is 7. The molecule has 4 nitrogen and oxygen atoms in total. The molecule has 108 valence electrons. The van der Waals surface area contributed by atoms with Crippen LogP contribution in [0.4, 0.5) is 0 Å². The number of nitrogens with zero attached hydrogens (tertiary/aromatic N) is 2. The summed E-state index contributed by atoms with van der Waals surface area (Å²) in [5.74, 6) is 0. The van der Waals surface area contributed by atoms with Crippen molar-refractivity contribution in [2.24, 2.45) is 0 Å². The van der Waals surface area contributed by atoms with Crippen LogP contribution in [0.3, 0.4) is 0 Å². The van der Waals surface area contributed by atoms with E-state index in [0.29, 0.717) is 0 Å². The molecule has 0 spiro atoms. The van der Waals surface area contributed by atoms with Gasteiger partial charge in [-0.2, -0.15) is 0 Å². The molecule has 1 aromatic heterocycles. The van der Waals surface area contributed by atoms with Crippen LogP contribution in [0.15, 0.2) is 18.3 Å². The molecule has 0 unspecified atom stereocenters. The highest BCUT2D eigenvalue weighted by Gasteiger charge is 2.08. The van der Waals surface area contributed by atoms with E-state index in [-0.39, 0.29) is 5.54 Å². The number of likely N-dealkylation sites (N-methyl/N-ethyl adjacent to an activating group) is 1. The van der Waals surface area contributed by atoms with Crippen molar-refractivity contribution < 1.29 is 4.74 Å². The summed E-state index contributed by atoms with van der Waals surface area (Å²) < 4.78 is 5.06. The second kappa shape index (κ2) is 7.58. The quantitative estimate of drug-likeness (QED) is 0.819. The molecule has 0 bridgehead atoms. The van der Waals surface area contributed by atoms with Gasteiger partial charge >= 0.3 is 0 Å². The number of hydrogen-bond donors (Lipinski definition) is 1. The zero-order chi connectivity index (χ0) is 14.3. The van der Waals surface area contributed by atoms with Crippen molar-refractivity contribution in [3.8, 4) is 0 Å². The first-order valence-corrected chi connectivity index (χ1v) is 6.77. The maximum Gasteiger partial charge on any atom is 0.0589 e. The number of hydrogen-bond acceptors (Lipinski definition) is 4. The van der Waals surface area contributed by atoms with Crippen LogP contribution in [0.25, 0.3) is 0 Å². The van der Waals surface area contributed by atoms with Crippen LogP contribution in [-0.4, -0.2) is 42.7 Å². The first kappa shape index (κ1) is 16.1. The van der Waals surface area contributed by atoms with Crippen molar-refractivity contribution in [3.05, 3.63) is 29.6 Å². The van der Waals surface area contributed by atoms with Crippen molar-refractivity contribution in [2.75, 3.05) is 27.3 Å². The maximum absolute atomic E-state index is 5.06. The molecule has 0 saturated heterocycles. The number of nitrogens with one attached hydrogen (secondary N) is 1. The van der Waals surface area contributed by atoms with Gasteiger partial charge in [-0.05, 0) is 39.4 Å². The van der Waals surface area contributed by atoms with E-state index in [9.17, 15) is 0 Å². The lowest BCUT2D eigenvalue weighted by Crippen LogP contribution is -2.35. The first-order valence-electron chi connectivity index (χ1n) is 6.77. The monoisotopic (exact) mass is 265 g/mol. The maximum atomic E-state index is 5.06. The molecular formula is C15H27N3O. The minimum atomic E-state index is 0.138. The van der Waals surface area contributed by atoms with Crippen LogP contribution in [0, 0.1) is 0 Å². The molecule has 1 N–H and O–H groups in total. The Kier molecular flexibility index (Phi) is 6.42. The summed E-state index contributed by atoms with van der Waals surface area (Å²) in [6.45, 7) is 9.89. The number of pyridine rings is 1. The zero-order valence-electron chi connectivity index (χ0n) is 12.9. The van der Waals surface area contributed by atoms with Gasteiger partial charge in [-0.1, -0.05) is 6.07 Å². The molecule has 0 amide bonds. The molecule has 0 aliphatic heterocycles. The predicted octanol–water partition coefficient (Wildman–Crippen LogP) is 2.05. The lowest BCUT2D eigenvalue weighted by atomic mass is 10.1. The summed E-state index contributed by atoms with van der Waals surface area (Å²) >= 11 is 0. The van der Waals surface area contributed by atoms with Gasteiger partial charge in [0.05, 0.1) is 12.3 Å². The lowest BCUT2D eigenvalue weighted by molar-refractivity contribution is 0.158. The van der Waals surface area contributed by atoms with Gasteiger partial charge in [0.1, 0.15) is 0 Å². The lowest BCUT2D eigenvalue weighted by Gasteiger charge is -2.20. The third kappa shape index (κ3) is 7.25. The van der Waals surface area contributed by atoms with Gasteiger partial charge in [-0.15, -0.1) is 0 Å². The summed E-state index contributed by atoms with van der Waals surface area (Å²) in [7, 11) is 3.80. The van der Waals surface area contributed by atoms with Gasteiger partial charge in [0.15, 0.2) is 0 Å². The minimum Gasteiger partial charge on any atom is -0.383 e. The van der Waals surface area contributed by atoms with Crippen LogP contribution in [0.2, 0.25) is 0 Å². The van der Waals surface area contributed by atoms with Crippen molar-refractivity contribution in [1.29, 1.82) is 0 Å². The van der Waals surface area contributed by atoms with Gasteiger partial charge in [0.25, 0.3) is 0 Å². The standard InChI is InChI=1S/C15H27N3O/c1-15(2,3)17-11-13-6-7-14(16-10-13)12-18(4)8-9-19-5/h6-7,10,17H,8-9,11-12H2,1-5H3. The third-order valence-corrected chi connectivity index (χ3v) is 2.82. The van der Waals surface area contributed by atoms with Crippen molar-refractivity contribution in [2.45, 2.75) is 39.4 Å². The van der Waals surface area contributed by atoms with E-state index in [4.69, 9.17) is 4.74 Å². The smallest absolute Gasteiger partial charge is 0.0589 e. The highest BCUT2D eigenvalue weighted by molar-refractivity contribution is 5.14. The normalized spacial score (nSPS) is 12.1. The molecular weight excluding hydrogens is 238 g/mol. The minimum absolute atomic E-state index is 0.138. The summed E-state index contributed by atoms with van der Waals surface area (Å²) in [6, 6.07) is 4.24. The topological polar surface area (TPSA) is 37.4 Å². The summed E-state index contributed by atoms with van der Waals surface area (Å²) in [6.07, 6.45) is 1.96. The van der Waals surface area contributed by atoms with Gasteiger partial charge in [-0.25, -0.2) is 0 Å². The molecule has 0 saturated carbocycles. The van der Waals surface area contributed by atoms with Crippen molar-refractivity contribution >= 4 is 0 Å². The Hall–Kier alpha value is -0.970. The van der Waals surface area contributed by atoms with Crippen molar-refractivity contribution in [1.82, 2.24) is 15.2 Å². The van der Waals surface area contributed by atoms with Crippen molar-refractivity contribution in [3.63, 3.8) is 0 Å². The van der Waals surface area contributed by atoms with E-state index in [1.54, 1.807) is 7.11 Å². The highest BCUT2D eigenvalue weighted by atomic mass is 16.5. The van der Waals surface area contributed by atoms with Gasteiger partial charge in [-0.3, -0.25) is 9.88 Å². The Balaban J connectivity index is 2.43. The van der Waals surface area contributed by atoms with Crippen LogP contribution in [-0.2, 0) is 17.8 Å². The number of ether oxygens (including phenoxy) is 1. The molecule has 0 aliphatic rings. The van der Waals surface area contributed by atoms with E-state index < -0.39 is 0 Å². The van der Waals surface area contributed by atoms with E-state index in [1.807, 2.05) is 6.20 Å². The largest absolute Gasteiger partial charge is 0.383 e. The van der Waals surface area contributed by atoms with Crippen LogP contribution < -0.4 is 5.32 Å². The summed E-state index contributed by atoms with van der Waals surface area (Å²) in [4.78, 5) is 6.71. The SMILES string of the molecule is COCCN(C)Cc1ccc(CNC(C)(C)C)cn1. The van der Waals surface area contributed by atoms with Gasteiger partial charge < -0.3 is 10.1 Å². The Morgan fingerprint density at radius 2 is 2.05 bits per heavy atom. The van der Waals surface area contributed by atoms with E-state index in [0.717, 1.165) is 31.9 Å². The highest BCUT2D eigenvalue weighted by Crippen LogP contribution is 2.05. The predicted molar refractivity (Wildman–Crippen MR) is 79.0 cm³/mol. The Bertz CT molecular complexity index is 357. The second-order valence-electron chi connectivity index (χ2n) is 5.99. The molecule has 1 aromatic rings. The third-order valence-electron chi connectivity index (χ3n) is 2.82. The number of methoxy groups -OCH3 is 1. The average molecular weight is 265 g/mol. The first-order chi connectivity index (χ1) is 8.90. The summed E-state index contributed by atoms with van der Waals surface area (Å²) in [5, 5.41) is 3.46. The molecule has 0 atom stereocenters. The Morgan fingerprint density at radius 3 is 2.58 bits per heavy atom. The van der Waals surface area contributed by atoms with Crippen LogP contribution in [0.5, 0.6) is 0 Å². The van der Waals surface area contributed by atoms with E-state index in [2.05, 4.69) is 55.2 Å². The number of aromatic nitrogens is 1. The summed E-state index contributed by atoms with van der Waals surface area (Å²) in [5.41, 5.74) is 2.45.